The maximum absolute atomic E-state index is 12.5. The molecule has 1 saturated heterocycles. The van der Waals surface area contributed by atoms with Crippen molar-refractivity contribution >= 4 is 35.2 Å². The number of rotatable bonds is 8. The lowest BCUT2D eigenvalue weighted by molar-refractivity contribution is -0.128. The average Bonchev–Trinajstić information content (AvgIpc) is 2.60. The largest absolute Gasteiger partial charge is 0.494 e. The summed E-state index contributed by atoms with van der Waals surface area (Å²) >= 11 is 5.03. The number of ether oxygens (including phenoxy) is 1. The van der Waals surface area contributed by atoms with Gasteiger partial charge in [-0.25, -0.2) is 0 Å². The normalized spacial score (nSPS) is 16.2. The first kappa shape index (κ1) is 19.8. The van der Waals surface area contributed by atoms with Gasteiger partial charge in [-0.15, -0.1) is 6.58 Å². The third-order valence-corrected chi connectivity index (χ3v) is 4.03. The molecule has 0 saturated carbocycles. The monoisotopic (exact) mass is 373 g/mol. The van der Waals surface area contributed by atoms with Crippen molar-refractivity contribution in [2.75, 3.05) is 33.8 Å². The van der Waals surface area contributed by atoms with Crippen LogP contribution in [0.25, 0.3) is 6.08 Å². The van der Waals surface area contributed by atoms with E-state index in [-0.39, 0.29) is 17.2 Å². The minimum Gasteiger partial charge on any atom is -0.494 e. The van der Waals surface area contributed by atoms with Gasteiger partial charge in [0, 0.05) is 13.1 Å². The molecule has 1 aromatic rings. The molecule has 6 nitrogen and oxygen atoms in total. The van der Waals surface area contributed by atoms with E-state index in [1.165, 1.54) is 4.90 Å². The predicted molar refractivity (Wildman–Crippen MR) is 106 cm³/mol. The van der Waals surface area contributed by atoms with Gasteiger partial charge in [0.2, 0.25) is 0 Å². The Morgan fingerprint density at radius 1 is 1.27 bits per heavy atom. The van der Waals surface area contributed by atoms with E-state index in [1.807, 2.05) is 26.2 Å². The van der Waals surface area contributed by atoms with Gasteiger partial charge in [0.15, 0.2) is 5.11 Å². The molecular formula is C19H23N3O3S. The lowest BCUT2D eigenvalue weighted by Crippen LogP contribution is -2.53. The van der Waals surface area contributed by atoms with Crippen LogP contribution < -0.4 is 10.1 Å². The number of hydrogen-bond acceptors (Lipinski definition) is 5. The molecular weight excluding hydrogens is 350 g/mol. The number of carbonyl (C=O) groups is 2. The highest BCUT2D eigenvalue weighted by molar-refractivity contribution is 7.80. The van der Waals surface area contributed by atoms with Crippen molar-refractivity contribution in [1.82, 2.24) is 15.1 Å². The van der Waals surface area contributed by atoms with Crippen LogP contribution in [-0.2, 0) is 9.59 Å². The van der Waals surface area contributed by atoms with E-state index in [4.69, 9.17) is 17.0 Å². The highest BCUT2D eigenvalue weighted by Gasteiger charge is 2.32. The van der Waals surface area contributed by atoms with Gasteiger partial charge in [0.05, 0.1) is 6.61 Å². The van der Waals surface area contributed by atoms with Crippen LogP contribution in [0.15, 0.2) is 42.5 Å². The van der Waals surface area contributed by atoms with Gasteiger partial charge in [0.1, 0.15) is 11.3 Å². The van der Waals surface area contributed by atoms with Crippen molar-refractivity contribution in [1.29, 1.82) is 0 Å². The first-order chi connectivity index (χ1) is 12.4. The summed E-state index contributed by atoms with van der Waals surface area (Å²) in [6.07, 6.45) is 4.04. The lowest BCUT2D eigenvalue weighted by Gasteiger charge is -2.27. The molecule has 0 aromatic heterocycles. The zero-order valence-electron chi connectivity index (χ0n) is 15.0. The third-order valence-electron chi connectivity index (χ3n) is 3.71. The quantitative estimate of drug-likeness (QED) is 0.248. The van der Waals surface area contributed by atoms with Crippen LogP contribution in [0.2, 0.25) is 0 Å². The maximum Gasteiger partial charge on any atom is 0.265 e. The number of nitrogens with zero attached hydrogens (tertiary/aromatic N) is 2. The Kier molecular flexibility index (Phi) is 7.06. The topological polar surface area (TPSA) is 61.9 Å². The zero-order valence-corrected chi connectivity index (χ0v) is 15.8. The van der Waals surface area contributed by atoms with Gasteiger partial charge < -0.3 is 9.64 Å². The van der Waals surface area contributed by atoms with Gasteiger partial charge in [-0.05, 0) is 56.5 Å². The smallest absolute Gasteiger partial charge is 0.265 e. The molecule has 7 heteroatoms. The van der Waals surface area contributed by atoms with Crippen LogP contribution in [0.4, 0.5) is 0 Å². The van der Waals surface area contributed by atoms with Crippen LogP contribution >= 0.6 is 12.2 Å². The zero-order chi connectivity index (χ0) is 19.1. The molecule has 138 valence electrons. The Bertz CT molecular complexity index is 726. The molecule has 1 heterocycles. The van der Waals surface area contributed by atoms with Crippen LogP contribution in [0, 0.1) is 0 Å². The van der Waals surface area contributed by atoms with Crippen LogP contribution in [-0.4, -0.2) is 60.5 Å². The molecule has 0 atom stereocenters. The summed E-state index contributed by atoms with van der Waals surface area (Å²) in [5.74, 6) is -0.174. The van der Waals surface area contributed by atoms with E-state index < -0.39 is 11.8 Å². The van der Waals surface area contributed by atoms with E-state index in [1.54, 1.807) is 24.3 Å². The minimum atomic E-state index is -0.496. The summed E-state index contributed by atoms with van der Waals surface area (Å²) in [5, 5.41) is 2.62. The molecule has 1 aliphatic rings. The number of thiocarbonyl (C=S) groups is 1. The van der Waals surface area contributed by atoms with E-state index in [9.17, 15) is 9.59 Å². The molecule has 1 aliphatic heterocycles. The Morgan fingerprint density at radius 3 is 2.58 bits per heavy atom. The molecule has 1 fully saturated rings. The van der Waals surface area contributed by atoms with Gasteiger partial charge in [-0.3, -0.25) is 19.8 Å². The Balaban J connectivity index is 2.05. The van der Waals surface area contributed by atoms with Crippen molar-refractivity contribution in [3.8, 4) is 5.75 Å². The Hall–Kier alpha value is -2.51. The molecule has 0 unspecified atom stereocenters. The van der Waals surface area contributed by atoms with Gasteiger partial charge in [0.25, 0.3) is 11.8 Å². The highest BCUT2D eigenvalue weighted by atomic mass is 32.1. The number of nitrogens with one attached hydrogen (secondary N) is 1. The number of carbonyl (C=O) groups excluding carboxylic acids is 2. The van der Waals surface area contributed by atoms with Crippen molar-refractivity contribution < 1.29 is 14.3 Å². The summed E-state index contributed by atoms with van der Waals surface area (Å²) in [4.78, 5) is 28.0. The second-order valence-electron chi connectivity index (χ2n) is 6.10. The molecule has 26 heavy (non-hydrogen) atoms. The summed E-state index contributed by atoms with van der Waals surface area (Å²) in [6, 6.07) is 7.25. The van der Waals surface area contributed by atoms with Gasteiger partial charge in [-0.2, -0.15) is 0 Å². The fourth-order valence-electron chi connectivity index (χ4n) is 2.39. The molecule has 0 aliphatic carbocycles. The number of hydrogen-bond donors (Lipinski definition) is 1. The van der Waals surface area contributed by atoms with Crippen molar-refractivity contribution in [3.05, 3.63) is 48.1 Å². The second kappa shape index (κ2) is 9.26. The summed E-state index contributed by atoms with van der Waals surface area (Å²) in [6.45, 7) is 5.44. The first-order valence-corrected chi connectivity index (χ1v) is 8.70. The standard InChI is InChI=1S/C19H23N3O3S/c1-4-10-22-18(24)16(17(23)20-19(22)26)13-14-6-8-15(9-7-14)25-12-5-11-21(2)3/h4,6-9,13H,1,5,10-12H2,2-3H3,(H,20,23,26)/b16-13+. The Morgan fingerprint density at radius 2 is 1.96 bits per heavy atom. The third kappa shape index (κ3) is 5.24. The molecule has 0 spiro atoms. The van der Waals surface area contributed by atoms with Crippen molar-refractivity contribution in [2.45, 2.75) is 6.42 Å². The summed E-state index contributed by atoms with van der Waals surface area (Å²) in [7, 11) is 4.04. The molecule has 1 N–H and O–H groups in total. The van der Waals surface area contributed by atoms with Gasteiger partial charge in [-0.1, -0.05) is 18.2 Å². The van der Waals surface area contributed by atoms with E-state index in [0.717, 1.165) is 24.3 Å². The van der Waals surface area contributed by atoms with Crippen LogP contribution in [0.1, 0.15) is 12.0 Å². The maximum atomic E-state index is 12.5. The molecule has 2 rings (SSSR count). The number of amides is 2. The number of benzene rings is 1. The first-order valence-electron chi connectivity index (χ1n) is 8.29. The fourth-order valence-corrected chi connectivity index (χ4v) is 2.64. The molecule has 0 bridgehead atoms. The second-order valence-corrected chi connectivity index (χ2v) is 6.48. The average molecular weight is 373 g/mol. The van der Waals surface area contributed by atoms with E-state index in [2.05, 4.69) is 16.8 Å². The summed E-state index contributed by atoms with van der Waals surface area (Å²) < 4.78 is 5.68. The fraction of sp³-hybridized carbons (Fsp3) is 0.316. The molecule has 0 radical (unpaired) electrons. The van der Waals surface area contributed by atoms with E-state index >= 15 is 0 Å². The minimum absolute atomic E-state index is 0.0418. The van der Waals surface area contributed by atoms with Crippen LogP contribution in [0.5, 0.6) is 5.75 Å². The van der Waals surface area contributed by atoms with E-state index in [0.29, 0.717) is 6.61 Å². The highest BCUT2D eigenvalue weighted by Crippen LogP contribution is 2.18. The molecule has 1 aromatic carbocycles. The van der Waals surface area contributed by atoms with Crippen LogP contribution in [0.3, 0.4) is 0 Å². The SMILES string of the molecule is C=CCN1C(=O)/C(=C/c2ccc(OCCCN(C)C)cc2)C(=O)NC1=S. The Labute approximate surface area is 159 Å². The van der Waals surface area contributed by atoms with Gasteiger partial charge >= 0.3 is 0 Å². The summed E-state index contributed by atoms with van der Waals surface area (Å²) in [5.41, 5.74) is 0.774. The van der Waals surface area contributed by atoms with Crippen molar-refractivity contribution in [3.63, 3.8) is 0 Å². The molecule has 2 amide bonds. The lowest BCUT2D eigenvalue weighted by atomic mass is 10.1. The predicted octanol–water partition coefficient (Wildman–Crippen LogP) is 1.83. The van der Waals surface area contributed by atoms with Crippen molar-refractivity contribution in [2.24, 2.45) is 0 Å².